The van der Waals surface area contributed by atoms with Gasteiger partial charge in [-0.3, -0.25) is 0 Å². The molecule has 0 aliphatic heterocycles. The summed E-state index contributed by atoms with van der Waals surface area (Å²) >= 11 is 0. The van der Waals surface area contributed by atoms with Gasteiger partial charge < -0.3 is 9.47 Å². The van der Waals surface area contributed by atoms with Crippen molar-refractivity contribution in [2.75, 3.05) is 14.2 Å². The minimum absolute atomic E-state index is 0.0704. The molecular weight excluding hydrogens is 324 g/mol. The Morgan fingerprint density at radius 2 is 1.27 bits per heavy atom. The Hall–Kier alpha value is -2.29. The van der Waals surface area contributed by atoms with Crippen LogP contribution in [0.2, 0.25) is 0 Å². The normalized spacial score (nSPS) is 13.8. The van der Waals surface area contributed by atoms with Crippen LogP contribution in [0.15, 0.2) is 48.5 Å². The second-order valence-electron chi connectivity index (χ2n) is 5.73. The summed E-state index contributed by atoms with van der Waals surface area (Å²) in [7, 11) is 3.08. The highest BCUT2D eigenvalue weighted by molar-refractivity contribution is 5.89. The van der Waals surface area contributed by atoms with Crippen molar-refractivity contribution in [3.8, 4) is 5.75 Å². The standard InChI is InChI=1S/C19H20O3.2C2H6/c1-21-17-10-8-16(9-11-17)19(12-3-13-19)15-6-4-14(5-7-15)18(20)22-2;2*1-2/h4-11H,3,12-13H2,1-2H3;2*1-2H3. The van der Waals surface area contributed by atoms with Crippen LogP contribution in [-0.2, 0) is 10.2 Å². The number of carbonyl (C=O) groups is 1. The van der Waals surface area contributed by atoms with Crippen molar-refractivity contribution in [1.29, 1.82) is 0 Å². The molecule has 0 bridgehead atoms. The highest BCUT2D eigenvalue weighted by Gasteiger charge is 2.40. The summed E-state index contributed by atoms with van der Waals surface area (Å²) in [4.78, 5) is 11.6. The number of esters is 1. The Morgan fingerprint density at radius 3 is 1.62 bits per heavy atom. The number of rotatable bonds is 4. The van der Waals surface area contributed by atoms with Gasteiger partial charge in [0.25, 0.3) is 0 Å². The van der Waals surface area contributed by atoms with Crippen LogP contribution in [0.1, 0.15) is 68.4 Å². The van der Waals surface area contributed by atoms with Gasteiger partial charge in [-0.2, -0.15) is 0 Å². The van der Waals surface area contributed by atoms with Crippen molar-refractivity contribution in [1.82, 2.24) is 0 Å². The number of benzene rings is 2. The first-order valence-electron chi connectivity index (χ1n) is 9.53. The Balaban J connectivity index is 0.000000791. The molecule has 1 fully saturated rings. The maximum atomic E-state index is 11.6. The lowest BCUT2D eigenvalue weighted by atomic mass is 9.60. The van der Waals surface area contributed by atoms with Gasteiger partial charge >= 0.3 is 5.97 Å². The molecule has 2 aromatic rings. The number of methoxy groups -OCH3 is 2. The molecule has 1 aliphatic rings. The van der Waals surface area contributed by atoms with Crippen molar-refractivity contribution in [3.05, 3.63) is 65.2 Å². The number of carbonyl (C=O) groups excluding carboxylic acids is 1. The van der Waals surface area contributed by atoms with Crippen LogP contribution in [0.4, 0.5) is 0 Å². The summed E-state index contributed by atoms with van der Waals surface area (Å²) in [5.74, 6) is 0.581. The van der Waals surface area contributed by atoms with Crippen LogP contribution in [0.3, 0.4) is 0 Å². The van der Waals surface area contributed by atoms with Crippen LogP contribution in [0, 0.1) is 0 Å². The van der Waals surface area contributed by atoms with E-state index in [-0.39, 0.29) is 11.4 Å². The number of hydrogen-bond donors (Lipinski definition) is 0. The van der Waals surface area contributed by atoms with Crippen LogP contribution in [0.5, 0.6) is 5.75 Å². The van der Waals surface area contributed by atoms with E-state index in [1.54, 1.807) is 7.11 Å². The molecule has 3 heteroatoms. The maximum Gasteiger partial charge on any atom is 0.337 e. The van der Waals surface area contributed by atoms with Gasteiger partial charge in [0, 0.05) is 5.41 Å². The highest BCUT2D eigenvalue weighted by Crippen LogP contribution is 2.49. The topological polar surface area (TPSA) is 35.5 Å². The maximum absolute atomic E-state index is 11.6. The summed E-state index contributed by atoms with van der Waals surface area (Å²) in [6, 6.07) is 16.1. The summed E-state index contributed by atoms with van der Waals surface area (Å²) in [5.41, 5.74) is 3.23. The fourth-order valence-electron chi connectivity index (χ4n) is 3.23. The molecule has 142 valence electrons. The molecule has 0 radical (unpaired) electrons. The van der Waals surface area contributed by atoms with Crippen LogP contribution >= 0.6 is 0 Å². The van der Waals surface area contributed by atoms with Gasteiger partial charge in [0.1, 0.15) is 5.75 Å². The molecule has 26 heavy (non-hydrogen) atoms. The largest absolute Gasteiger partial charge is 0.497 e. The van der Waals surface area contributed by atoms with E-state index in [1.807, 2.05) is 52.0 Å². The van der Waals surface area contributed by atoms with E-state index in [4.69, 9.17) is 9.47 Å². The Bertz CT molecular complexity index is 653. The molecule has 0 heterocycles. The minimum Gasteiger partial charge on any atom is -0.497 e. The van der Waals surface area contributed by atoms with Crippen LogP contribution in [-0.4, -0.2) is 20.2 Å². The van der Waals surface area contributed by atoms with Gasteiger partial charge in [0.15, 0.2) is 0 Å². The molecule has 0 atom stereocenters. The fourth-order valence-corrected chi connectivity index (χ4v) is 3.23. The minimum atomic E-state index is -0.293. The average Bonchev–Trinajstić information content (AvgIpc) is 2.70. The third kappa shape index (κ3) is 4.46. The molecule has 0 aromatic heterocycles. The smallest absolute Gasteiger partial charge is 0.337 e. The molecule has 0 amide bonds. The van der Waals surface area contributed by atoms with E-state index in [1.165, 1.54) is 24.7 Å². The lowest BCUT2D eigenvalue weighted by molar-refractivity contribution is 0.0600. The SMILES string of the molecule is CC.CC.COC(=O)c1ccc(C2(c3ccc(OC)cc3)CCC2)cc1. The molecule has 3 nitrogen and oxygen atoms in total. The van der Waals surface area contributed by atoms with Crippen molar-refractivity contribution < 1.29 is 14.3 Å². The molecule has 0 N–H and O–H groups in total. The zero-order valence-corrected chi connectivity index (χ0v) is 17.0. The summed E-state index contributed by atoms with van der Waals surface area (Å²) in [5, 5.41) is 0. The average molecular weight is 357 g/mol. The van der Waals surface area contributed by atoms with Crippen molar-refractivity contribution >= 4 is 5.97 Å². The molecule has 0 spiro atoms. The molecule has 1 saturated carbocycles. The van der Waals surface area contributed by atoms with E-state index in [0.29, 0.717) is 5.56 Å². The lowest BCUT2D eigenvalue weighted by Gasteiger charge is -2.43. The van der Waals surface area contributed by atoms with Crippen LogP contribution < -0.4 is 4.74 Å². The molecule has 1 aliphatic carbocycles. The third-order valence-electron chi connectivity index (χ3n) is 4.71. The quantitative estimate of drug-likeness (QED) is 0.630. The molecule has 0 saturated heterocycles. The van der Waals surface area contributed by atoms with E-state index < -0.39 is 0 Å². The monoisotopic (exact) mass is 356 g/mol. The Morgan fingerprint density at radius 1 is 0.808 bits per heavy atom. The Labute approximate surface area is 158 Å². The fraction of sp³-hybridized carbons (Fsp3) is 0.435. The first-order chi connectivity index (χ1) is 12.7. The summed E-state index contributed by atoms with van der Waals surface area (Å²) in [6.45, 7) is 8.00. The van der Waals surface area contributed by atoms with Crippen molar-refractivity contribution in [2.24, 2.45) is 0 Å². The van der Waals surface area contributed by atoms with Gasteiger partial charge in [-0.05, 0) is 48.2 Å². The van der Waals surface area contributed by atoms with Gasteiger partial charge in [0.2, 0.25) is 0 Å². The first-order valence-corrected chi connectivity index (χ1v) is 9.53. The van der Waals surface area contributed by atoms with Gasteiger partial charge in [-0.25, -0.2) is 4.79 Å². The predicted octanol–water partition coefficient (Wildman–Crippen LogP) is 6.00. The summed E-state index contributed by atoms with van der Waals surface area (Å²) in [6.07, 6.45) is 3.50. The number of ether oxygens (including phenoxy) is 2. The van der Waals surface area contributed by atoms with Gasteiger partial charge in [-0.15, -0.1) is 0 Å². The molecule has 2 aromatic carbocycles. The zero-order chi connectivity index (χ0) is 19.6. The predicted molar refractivity (Wildman–Crippen MR) is 108 cm³/mol. The van der Waals surface area contributed by atoms with Gasteiger partial charge in [-0.1, -0.05) is 58.4 Å². The van der Waals surface area contributed by atoms with E-state index >= 15 is 0 Å². The van der Waals surface area contributed by atoms with Crippen molar-refractivity contribution in [2.45, 2.75) is 52.4 Å². The third-order valence-corrected chi connectivity index (χ3v) is 4.71. The van der Waals surface area contributed by atoms with Crippen molar-refractivity contribution in [3.63, 3.8) is 0 Å². The second kappa shape index (κ2) is 10.6. The highest BCUT2D eigenvalue weighted by atomic mass is 16.5. The summed E-state index contributed by atoms with van der Waals surface area (Å²) < 4.78 is 10.0. The second-order valence-corrected chi connectivity index (χ2v) is 5.73. The number of hydrogen-bond acceptors (Lipinski definition) is 3. The van der Waals surface area contributed by atoms with Gasteiger partial charge in [0.05, 0.1) is 19.8 Å². The molecular formula is C23H32O3. The lowest BCUT2D eigenvalue weighted by Crippen LogP contribution is -2.35. The van der Waals surface area contributed by atoms with E-state index in [9.17, 15) is 4.79 Å². The zero-order valence-electron chi connectivity index (χ0n) is 17.0. The van der Waals surface area contributed by atoms with Crippen LogP contribution in [0.25, 0.3) is 0 Å². The molecule has 0 unspecified atom stereocenters. The van der Waals surface area contributed by atoms with E-state index in [2.05, 4.69) is 24.3 Å². The Kier molecular flexibility index (Phi) is 8.91. The molecule has 3 rings (SSSR count). The first kappa shape index (κ1) is 21.8. The van der Waals surface area contributed by atoms with E-state index in [0.717, 1.165) is 18.6 Å².